The normalized spacial score (nSPS) is 14.2. The lowest BCUT2D eigenvalue weighted by atomic mass is 10.1. The van der Waals surface area contributed by atoms with Crippen LogP contribution in [0, 0.1) is 11.3 Å². The van der Waals surface area contributed by atoms with Gasteiger partial charge in [-0.05, 0) is 45.1 Å². The van der Waals surface area contributed by atoms with Crippen LogP contribution in [0.3, 0.4) is 0 Å². The number of nitrogens with one attached hydrogen (secondary N) is 1. The fraction of sp³-hybridized carbons (Fsp3) is 0.450. The first-order valence-electron chi connectivity index (χ1n) is 9.76. The van der Waals surface area contributed by atoms with Crippen LogP contribution in [-0.4, -0.2) is 33.7 Å². The maximum atomic E-state index is 12.7. The molecular weight excluding hydrogens is 422 g/mol. The monoisotopic (exact) mass is 445 g/mol. The highest BCUT2D eigenvalue weighted by atomic mass is 32.2. The number of thiophene rings is 1. The molecule has 1 unspecified atom stereocenters. The molecule has 158 valence electrons. The fourth-order valence-corrected chi connectivity index (χ4v) is 5.16. The Balaban J connectivity index is 1.69. The number of carbonyl (C=O) groups excluding carboxylic acids is 2. The molecule has 0 saturated carbocycles. The number of thioether (sulfide) groups is 1. The zero-order chi connectivity index (χ0) is 21.7. The van der Waals surface area contributed by atoms with E-state index in [0.29, 0.717) is 10.6 Å². The van der Waals surface area contributed by atoms with Crippen LogP contribution in [0.5, 0.6) is 0 Å². The van der Waals surface area contributed by atoms with Gasteiger partial charge in [0.2, 0.25) is 5.91 Å². The topological polar surface area (TPSA) is 131 Å². The van der Waals surface area contributed by atoms with E-state index in [-0.39, 0.29) is 29.1 Å². The summed E-state index contributed by atoms with van der Waals surface area (Å²) in [6.45, 7) is 3.65. The second kappa shape index (κ2) is 9.91. The third-order valence-corrected chi connectivity index (χ3v) is 6.90. The van der Waals surface area contributed by atoms with E-state index >= 15 is 0 Å². The first-order chi connectivity index (χ1) is 14.4. The van der Waals surface area contributed by atoms with Gasteiger partial charge in [0.25, 0.3) is 0 Å². The van der Waals surface area contributed by atoms with E-state index in [4.69, 9.17) is 10.5 Å². The summed E-state index contributed by atoms with van der Waals surface area (Å²) in [4.78, 5) is 33.9. The Morgan fingerprint density at radius 2 is 2.17 bits per heavy atom. The smallest absolute Gasteiger partial charge is 0.343 e. The number of hydrogen-bond donors (Lipinski definition) is 2. The molecule has 2 heterocycles. The highest BCUT2D eigenvalue weighted by molar-refractivity contribution is 8.00. The van der Waals surface area contributed by atoms with Crippen molar-refractivity contribution in [1.29, 1.82) is 5.26 Å². The summed E-state index contributed by atoms with van der Waals surface area (Å²) >= 11 is 2.62. The van der Waals surface area contributed by atoms with E-state index in [1.807, 2.05) is 0 Å². The van der Waals surface area contributed by atoms with Gasteiger partial charge in [-0.2, -0.15) is 5.26 Å². The fourth-order valence-electron chi connectivity index (χ4n) is 3.18. The summed E-state index contributed by atoms with van der Waals surface area (Å²) in [5.41, 5.74) is 7.60. The van der Waals surface area contributed by atoms with Gasteiger partial charge in [-0.3, -0.25) is 4.79 Å². The van der Waals surface area contributed by atoms with Crippen molar-refractivity contribution in [1.82, 2.24) is 9.97 Å². The van der Waals surface area contributed by atoms with Gasteiger partial charge in [0.05, 0.1) is 17.4 Å². The number of amides is 1. The first-order valence-corrected chi connectivity index (χ1v) is 11.5. The van der Waals surface area contributed by atoms with E-state index in [2.05, 4.69) is 21.4 Å². The number of aryl methyl sites for hydroxylation is 1. The molecule has 3 N–H and O–H groups in total. The summed E-state index contributed by atoms with van der Waals surface area (Å²) in [5, 5.41) is 12.9. The number of fused-ring (bicyclic) bond motifs is 1. The van der Waals surface area contributed by atoms with Crippen molar-refractivity contribution in [3.63, 3.8) is 0 Å². The van der Waals surface area contributed by atoms with Gasteiger partial charge in [-0.25, -0.2) is 14.8 Å². The molecule has 1 aliphatic carbocycles. The first kappa shape index (κ1) is 22.1. The number of nitrogen functional groups attached to an aromatic ring is 1. The average molecular weight is 446 g/mol. The molecule has 2 aromatic rings. The number of nitrogens with two attached hydrogens (primary N) is 1. The summed E-state index contributed by atoms with van der Waals surface area (Å²) in [6, 6.07) is 2.26. The van der Waals surface area contributed by atoms with E-state index in [0.717, 1.165) is 43.0 Å². The maximum absolute atomic E-state index is 12.7. The quantitative estimate of drug-likeness (QED) is 0.299. The van der Waals surface area contributed by atoms with E-state index < -0.39 is 11.2 Å². The molecular formula is C20H23N5O3S2. The zero-order valence-corrected chi connectivity index (χ0v) is 18.5. The lowest BCUT2D eigenvalue weighted by Gasteiger charge is -2.11. The lowest BCUT2D eigenvalue weighted by Crippen LogP contribution is -2.22. The zero-order valence-electron chi connectivity index (χ0n) is 16.9. The number of ether oxygens (including phenoxy) is 1. The third-order valence-electron chi connectivity index (χ3n) is 4.71. The Labute approximate surface area is 183 Å². The molecule has 2 aromatic heterocycles. The predicted octanol–water partition coefficient (Wildman–Crippen LogP) is 3.56. The number of esters is 1. The molecule has 10 heteroatoms. The van der Waals surface area contributed by atoms with Gasteiger partial charge in [0, 0.05) is 11.1 Å². The van der Waals surface area contributed by atoms with E-state index in [1.54, 1.807) is 13.8 Å². The van der Waals surface area contributed by atoms with Gasteiger partial charge < -0.3 is 15.8 Å². The van der Waals surface area contributed by atoms with Crippen LogP contribution < -0.4 is 11.1 Å². The minimum atomic E-state index is -0.584. The van der Waals surface area contributed by atoms with Crippen LogP contribution in [0.4, 0.5) is 10.8 Å². The van der Waals surface area contributed by atoms with Crippen LogP contribution in [0.25, 0.3) is 0 Å². The van der Waals surface area contributed by atoms with Gasteiger partial charge in [0.15, 0.2) is 5.16 Å². The van der Waals surface area contributed by atoms with Crippen molar-refractivity contribution in [3.8, 4) is 6.07 Å². The summed E-state index contributed by atoms with van der Waals surface area (Å²) in [6.07, 6.45) is 6.48. The van der Waals surface area contributed by atoms with Gasteiger partial charge >= 0.3 is 5.97 Å². The van der Waals surface area contributed by atoms with Gasteiger partial charge in [-0.15, -0.1) is 11.3 Å². The van der Waals surface area contributed by atoms with Crippen molar-refractivity contribution in [3.05, 3.63) is 27.8 Å². The number of carbonyl (C=O) groups is 2. The number of nitriles is 1. The molecule has 30 heavy (non-hydrogen) atoms. The van der Waals surface area contributed by atoms with E-state index in [1.165, 1.54) is 28.8 Å². The Bertz CT molecular complexity index is 999. The molecule has 0 spiro atoms. The Morgan fingerprint density at radius 3 is 2.87 bits per heavy atom. The van der Waals surface area contributed by atoms with Crippen molar-refractivity contribution >= 4 is 45.8 Å². The van der Waals surface area contributed by atoms with Crippen molar-refractivity contribution in [2.75, 3.05) is 17.7 Å². The number of anilines is 2. The molecule has 0 bridgehead atoms. The summed E-state index contributed by atoms with van der Waals surface area (Å²) in [5.74, 6) is -0.823. The van der Waals surface area contributed by atoms with Crippen molar-refractivity contribution in [2.24, 2.45) is 0 Å². The molecule has 1 aliphatic rings. The molecule has 1 atom stereocenters. The number of nitrogens with zero attached hydrogens (tertiary/aromatic N) is 3. The molecule has 0 aliphatic heterocycles. The second-order valence-corrected chi connectivity index (χ2v) is 9.21. The molecule has 0 aromatic carbocycles. The molecule has 8 nitrogen and oxygen atoms in total. The van der Waals surface area contributed by atoms with Crippen molar-refractivity contribution in [2.45, 2.75) is 56.4 Å². The van der Waals surface area contributed by atoms with Crippen molar-refractivity contribution < 1.29 is 14.3 Å². The molecule has 0 fully saturated rings. The molecule has 3 rings (SSSR count). The van der Waals surface area contributed by atoms with Gasteiger partial charge in [-0.1, -0.05) is 18.2 Å². The largest absolute Gasteiger partial charge is 0.462 e. The highest BCUT2D eigenvalue weighted by Crippen LogP contribution is 2.37. The molecule has 1 amide bonds. The SMILES string of the molecule is CCOC(=O)c1cnc(SC(C)C(=O)Nc2sc3c(c2C#N)CCCCC3)nc1N. The Morgan fingerprint density at radius 1 is 1.40 bits per heavy atom. The molecule has 0 radical (unpaired) electrons. The summed E-state index contributed by atoms with van der Waals surface area (Å²) < 4.78 is 4.90. The Kier molecular flexibility index (Phi) is 7.29. The Hall–Kier alpha value is -2.64. The lowest BCUT2D eigenvalue weighted by molar-refractivity contribution is -0.115. The van der Waals surface area contributed by atoms with Crippen LogP contribution in [0.1, 0.15) is 59.5 Å². The minimum Gasteiger partial charge on any atom is -0.462 e. The number of hydrogen-bond acceptors (Lipinski definition) is 9. The standard InChI is InChI=1S/C20H23N5O3S2/c1-3-28-19(27)14-10-23-20(24-16(14)22)29-11(2)17(26)25-18-13(9-21)12-7-5-4-6-8-15(12)30-18/h10-11H,3-8H2,1-2H3,(H,25,26)(H2,22,23,24). The predicted molar refractivity (Wildman–Crippen MR) is 117 cm³/mol. The summed E-state index contributed by atoms with van der Waals surface area (Å²) in [7, 11) is 0. The van der Waals surface area contributed by atoms with Crippen LogP contribution in [0.15, 0.2) is 11.4 Å². The molecule has 0 saturated heterocycles. The minimum absolute atomic E-state index is 0.00678. The maximum Gasteiger partial charge on any atom is 0.343 e. The van der Waals surface area contributed by atoms with E-state index in [9.17, 15) is 14.9 Å². The van der Waals surface area contributed by atoms with Crippen LogP contribution >= 0.6 is 23.1 Å². The average Bonchev–Trinajstić information content (AvgIpc) is 2.87. The highest BCUT2D eigenvalue weighted by Gasteiger charge is 2.24. The second-order valence-electron chi connectivity index (χ2n) is 6.80. The number of aromatic nitrogens is 2. The number of rotatable bonds is 6. The van der Waals surface area contributed by atoms with Crippen LogP contribution in [0.2, 0.25) is 0 Å². The van der Waals surface area contributed by atoms with Gasteiger partial charge in [0.1, 0.15) is 22.5 Å². The van der Waals surface area contributed by atoms with Crippen LogP contribution in [-0.2, 0) is 22.4 Å². The third kappa shape index (κ3) is 4.91.